The van der Waals surface area contributed by atoms with Gasteiger partial charge in [-0.2, -0.15) is 0 Å². The van der Waals surface area contributed by atoms with E-state index < -0.39 is 0 Å². The lowest BCUT2D eigenvalue weighted by Crippen LogP contribution is -2.54. The fraction of sp³-hybridized carbons (Fsp3) is 0.593. The van der Waals surface area contributed by atoms with Gasteiger partial charge in [-0.15, -0.1) is 0 Å². The lowest BCUT2D eigenvalue weighted by atomic mass is 9.76. The number of aryl methyl sites for hydroxylation is 1. The summed E-state index contributed by atoms with van der Waals surface area (Å²) in [5.41, 5.74) is 1.86. The van der Waals surface area contributed by atoms with Crippen molar-refractivity contribution in [2.24, 2.45) is 5.41 Å². The van der Waals surface area contributed by atoms with Gasteiger partial charge in [0.1, 0.15) is 11.6 Å². The van der Waals surface area contributed by atoms with Gasteiger partial charge in [0.05, 0.1) is 0 Å². The number of rotatable bonds is 6. The molecule has 33 heavy (non-hydrogen) atoms. The Morgan fingerprint density at radius 1 is 1.06 bits per heavy atom. The molecule has 6 nitrogen and oxygen atoms in total. The Kier molecular flexibility index (Phi) is 7.03. The highest BCUT2D eigenvalue weighted by molar-refractivity contribution is 5.82. The second-order valence-electron chi connectivity index (χ2n) is 10.5. The van der Waals surface area contributed by atoms with Gasteiger partial charge in [0.15, 0.2) is 0 Å². The SMILES string of the molecule is CNc1cc(C)nc(C2(C)CCCN(C(=O)C3(C)CCN(CCc4ccccc4)CC3)C2)n1. The van der Waals surface area contributed by atoms with Crippen molar-refractivity contribution in [2.75, 3.05) is 45.1 Å². The maximum atomic E-state index is 13.7. The van der Waals surface area contributed by atoms with Crippen LogP contribution in [-0.4, -0.2) is 65.4 Å². The molecule has 0 aliphatic carbocycles. The van der Waals surface area contributed by atoms with Gasteiger partial charge in [-0.3, -0.25) is 4.79 Å². The molecular weight excluding hydrogens is 410 g/mol. The molecule has 0 spiro atoms. The van der Waals surface area contributed by atoms with Gasteiger partial charge in [-0.25, -0.2) is 9.97 Å². The van der Waals surface area contributed by atoms with Crippen molar-refractivity contribution in [1.82, 2.24) is 19.8 Å². The molecule has 1 aromatic carbocycles. The van der Waals surface area contributed by atoms with Crippen LogP contribution in [0.15, 0.2) is 36.4 Å². The molecule has 4 rings (SSSR count). The van der Waals surface area contributed by atoms with Crippen molar-refractivity contribution in [3.8, 4) is 0 Å². The van der Waals surface area contributed by atoms with E-state index >= 15 is 0 Å². The van der Waals surface area contributed by atoms with E-state index in [-0.39, 0.29) is 10.8 Å². The number of nitrogens with one attached hydrogen (secondary N) is 1. The number of hydrogen-bond donors (Lipinski definition) is 1. The van der Waals surface area contributed by atoms with Crippen molar-refractivity contribution in [1.29, 1.82) is 0 Å². The van der Waals surface area contributed by atoms with E-state index in [9.17, 15) is 4.79 Å². The standard InChI is InChI=1S/C27H39N5O/c1-21-19-23(28-4)30-24(29-21)27(3)12-8-15-32(20-27)25(33)26(2)13-17-31(18-14-26)16-11-22-9-6-5-7-10-22/h5-7,9-10,19H,8,11-18,20H2,1-4H3,(H,28,29,30). The summed E-state index contributed by atoms with van der Waals surface area (Å²) >= 11 is 0. The van der Waals surface area contributed by atoms with Crippen LogP contribution in [0.2, 0.25) is 0 Å². The molecule has 1 atom stereocenters. The number of anilines is 1. The predicted octanol–water partition coefficient (Wildman–Crippen LogP) is 4.05. The molecule has 2 fully saturated rings. The number of nitrogens with zero attached hydrogens (tertiary/aromatic N) is 4. The quantitative estimate of drug-likeness (QED) is 0.721. The Bertz CT molecular complexity index is 954. The first kappa shape index (κ1) is 23.7. The van der Waals surface area contributed by atoms with E-state index in [1.807, 2.05) is 20.0 Å². The lowest BCUT2D eigenvalue weighted by molar-refractivity contribution is -0.146. The molecule has 1 unspecified atom stereocenters. The highest BCUT2D eigenvalue weighted by Crippen LogP contribution is 2.38. The zero-order chi connectivity index (χ0) is 23.5. The fourth-order valence-electron chi connectivity index (χ4n) is 5.36. The maximum absolute atomic E-state index is 13.7. The van der Waals surface area contributed by atoms with Crippen LogP contribution >= 0.6 is 0 Å². The lowest BCUT2D eigenvalue weighted by Gasteiger charge is -2.45. The molecule has 0 saturated carbocycles. The van der Waals surface area contributed by atoms with Crippen LogP contribution in [0.4, 0.5) is 5.82 Å². The maximum Gasteiger partial charge on any atom is 0.228 e. The topological polar surface area (TPSA) is 61.4 Å². The normalized spacial score (nSPS) is 23.3. The first-order valence-electron chi connectivity index (χ1n) is 12.4. The Balaban J connectivity index is 1.38. The summed E-state index contributed by atoms with van der Waals surface area (Å²) in [5, 5.41) is 3.14. The summed E-state index contributed by atoms with van der Waals surface area (Å²) in [6.07, 6.45) is 4.93. The Morgan fingerprint density at radius 3 is 2.48 bits per heavy atom. The number of hydrogen-bond acceptors (Lipinski definition) is 5. The zero-order valence-corrected chi connectivity index (χ0v) is 20.7. The number of likely N-dealkylation sites (tertiary alicyclic amines) is 2. The Morgan fingerprint density at radius 2 is 1.79 bits per heavy atom. The molecule has 0 radical (unpaired) electrons. The highest BCUT2D eigenvalue weighted by atomic mass is 16.2. The summed E-state index contributed by atoms with van der Waals surface area (Å²) in [5.74, 6) is 2.01. The van der Waals surface area contributed by atoms with Crippen molar-refractivity contribution in [3.63, 3.8) is 0 Å². The first-order valence-corrected chi connectivity index (χ1v) is 12.4. The molecule has 2 aliphatic rings. The summed E-state index contributed by atoms with van der Waals surface area (Å²) in [6, 6.07) is 12.6. The molecule has 1 N–H and O–H groups in total. The van der Waals surface area contributed by atoms with Gasteiger partial charge in [0.25, 0.3) is 0 Å². The molecule has 3 heterocycles. The Labute approximate surface area is 198 Å². The van der Waals surface area contributed by atoms with Gasteiger partial charge in [-0.1, -0.05) is 44.2 Å². The average molecular weight is 450 g/mol. The van der Waals surface area contributed by atoms with Crippen LogP contribution in [0.5, 0.6) is 0 Å². The minimum Gasteiger partial charge on any atom is -0.373 e. The molecule has 2 saturated heterocycles. The Hall–Kier alpha value is -2.47. The summed E-state index contributed by atoms with van der Waals surface area (Å²) in [4.78, 5) is 27.9. The van der Waals surface area contributed by atoms with Crippen molar-refractivity contribution in [2.45, 2.75) is 58.3 Å². The summed E-state index contributed by atoms with van der Waals surface area (Å²) < 4.78 is 0. The van der Waals surface area contributed by atoms with Crippen LogP contribution in [0.1, 0.15) is 56.6 Å². The summed E-state index contributed by atoms with van der Waals surface area (Å²) in [6.45, 7) is 11.0. The van der Waals surface area contributed by atoms with Crippen molar-refractivity contribution < 1.29 is 4.79 Å². The molecule has 0 bridgehead atoms. The monoisotopic (exact) mass is 449 g/mol. The molecule has 1 amide bonds. The number of amides is 1. The van der Waals surface area contributed by atoms with E-state index in [2.05, 4.69) is 59.3 Å². The molecule has 178 valence electrons. The third-order valence-corrected chi connectivity index (χ3v) is 7.67. The number of carbonyl (C=O) groups excluding carboxylic acids is 1. The van der Waals surface area contributed by atoms with Crippen LogP contribution in [0, 0.1) is 12.3 Å². The summed E-state index contributed by atoms with van der Waals surface area (Å²) in [7, 11) is 1.89. The smallest absolute Gasteiger partial charge is 0.228 e. The van der Waals surface area contributed by atoms with Crippen LogP contribution in [0.25, 0.3) is 0 Å². The van der Waals surface area contributed by atoms with Gasteiger partial charge in [-0.05, 0) is 57.7 Å². The van der Waals surface area contributed by atoms with E-state index in [0.717, 1.165) is 75.6 Å². The molecule has 2 aliphatic heterocycles. The minimum absolute atomic E-state index is 0.210. The van der Waals surface area contributed by atoms with Crippen LogP contribution in [-0.2, 0) is 16.6 Å². The third kappa shape index (κ3) is 5.37. The van der Waals surface area contributed by atoms with Gasteiger partial charge in [0.2, 0.25) is 5.91 Å². The highest BCUT2D eigenvalue weighted by Gasteiger charge is 2.44. The number of piperidine rings is 2. The number of aromatic nitrogens is 2. The molecular formula is C27H39N5O. The van der Waals surface area contributed by atoms with E-state index in [1.165, 1.54) is 5.56 Å². The number of carbonyl (C=O) groups is 1. The largest absolute Gasteiger partial charge is 0.373 e. The van der Waals surface area contributed by atoms with Crippen LogP contribution in [0.3, 0.4) is 0 Å². The molecule has 6 heteroatoms. The fourth-order valence-corrected chi connectivity index (χ4v) is 5.36. The van der Waals surface area contributed by atoms with Crippen LogP contribution < -0.4 is 5.32 Å². The van der Waals surface area contributed by atoms with E-state index in [0.29, 0.717) is 12.5 Å². The van der Waals surface area contributed by atoms with Gasteiger partial charge in [0, 0.05) is 49.3 Å². The van der Waals surface area contributed by atoms with E-state index in [4.69, 9.17) is 9.97 Å². The first-order chi connectivity index (χ1) is 15.8. The second kappa shape index (κ2) is 9.80. The minimum atomic E-state index is -0.273. The van der Waals surface area contributed by atoms with Crippen molar-refractivity contribution in [3.05, 3.63) is 53.5 Å². The molecule has 2 aromatic rings. The number of benzene rings is 1. The predicted molar refractivity (Wildman–Crippen MR) is 133 cm³/mol. The van der Waals surface area contributed by atoms with E-state index in [1.54, 1.807) is 0 Å². The third-order valence-electron chi connectivity index (χ3n) is 7.67. The van der Waals surface area contributed by atoms with Gasteiger partial charge >= 0.3 is 0 Å². The van der Waals surface area contributed by atoms with Crippen molar-refractivity contribution >= 4 is 11.7 Å². The van der Waals surface area contributed by atoms with Gasteiger partial charge < -0.3 is 15.1 Å². The second-order valence-corrected chi connectivity index (χ2v) is 10.5. The molecule has 1 aromatic heterocycles. The average Bonchev–Trinajstić information content (AvgIpc) is 2.83. The zero-order valence-electron chi connectivity index (χ0n) is 20.7.